The lowest BCUT2D eigenvalue weighted by Gasteiger charge is -2.33. The highest BCUT2D eigenvalue weighted by Crippen LogP contribution is 2.49. The predicted molar refractivity (Wildman–Crippen MR) is 272 cm³/mol. The van der Waals surface area contributed by atoms with Gasteiger partial charge in [0.15, 0.2) is 0 Å². The van der Waals surface area contributed by atoms with E-state index < -0.39 is 8.60 Å². The first-order valence-corrected chi connectivity index (χ1v) is 24.7. The Hall–Kier alpha value is -3.27. The van der Waals surface area contributed by atoms with Gasteiger partial charge in [0.2, 0.25) is 0 Å². The fraction of sp³-hybridized carbons (Fsp3) is 0.544. The fourth-order valence-corrected chi connectivity index (χ4v) is 8.33. The Balaban J connectivity index is 0.00000202. The molecular formula is C57H83O4P. The zero-order valence-electron chi connectivity index (χ0n) is 42.3. The van der Waals surface area contributed by atoms with Crippen LogP contribution in [0.5, 0.6) is 11.5 Å². The summed E-state index contributed by atoms with van der Waals surface area (Å²) in [7, 11) is -2.62. The zero-order valence-corrected chi connectivity index (χ0v) is 43.2. The highest BCUT2D eigenvalue weighted by Gasteiger charge is 2.32. The molecule has 0 aliphatic rings. The van der Waals surface area contributed by atoms with E-state index in [2.05, 4.69) is 198 Å². The van der Waals surface area contributed by atoms with Gasteiger partial charge in [-0.3, -0.25) is 0 Å². The van der Waals surface area contributed by atoms with Crippen molar-refractivity contribution in [3.63, 3.8) is 0 Å². The lowest BCUT2D eigenvalue weighted by Crippen LogP contribution is -2.21. The summed E-state index contributed by atoms with van der Waals surface area (Å²) < 4.78 is 7.48. The van der Waals surface area contributed by atoms with E-state index in [1.165, 1.54) is 71.6 Å². The maximum atomic E-state index is 7.48. The van der Waals surface area contributed by atoms with E-state index in [1.807, 2.05) is 0 Å². The molecule has 0 aliphatic heterocycles. The van der Waals surface area contributed by atoms with Gasteiger partial charge >= 0.3 is 8.60 Å². The Morgan fingerprint density at radius 1 is 0.403 bits per heavy atom. The molecule has 0 radical (unpaired) electrons. The van der Waals surface area contributed by atoms with Gasteiger partial charge in [0.1, 0.15) is 11.5 Å². The van der Waals surface area contributed by atoms with E-state index in [9.17, 15) is 0 Å². The molecule has 62 heavy (non-hydrogen) atoms. The predicted octanol–water partition coefficient (Wildman–Crippen LogP) is 17.1. The maximum absolute atomic E-state index is 7.48. The number of fused-ring (bicyclic) bond motifs is 2. The molecule has 0 spiro atoms. The van der Waals surface area contributed by atoms with Gasteiger partial charge in [-0.2, -0.15) is 0 Å². The SMILES string of the molecule is CCC(C)(C)c1cc(C(C)(C)CC)c2cc(Oc3ccc(C)cc3-c3cc4c(C(C)(C)CC)cc(C(C)(C)CC)cc4cc3C(C)(C)CC)c(C(C)(C)CC)cc2c1.OP(O)O. The van der Waals surface area contributed by atoms with Gasteiger partial charge in [-0.05, 0) is 169 Å². The summed E-state index contributed by atoms with van der Waals surface area (Å²) >= 11 is 0. The molecule has 0 fully saturated rings. The molecule has 5 aromatic rings. The first kappa shape index (κ1) is 51.4. The maximum Gasteiger partial charge on any atom is 0.324 e. The molecule has 0 unspecified atom stereocenters. The van der Waals surface area contributed by atoms with Crippen LogP contribution in [0.4, 0.5) is 0 Å². The minimum Gasteiger partial charge on any atom is -0.456 e. The Morgan fingerprint density at radius 2 is 0.774 bits per heavy atom. The average Bonchev–Trinajstić information content (AvgIpc) is 3.22. The van der Waals surface area contributed by atoms with Crippen molar-refractivity contribution in [1.29, 1.82) is 0 Å². The van der Waals surface area contributed by atoms with Crippen LogP contribution in [0.3, 0.4) is 0 Å². The number of hydrogen-bond donors (Lipinski definition) is 3. The molecule has 0 atom stereocenters. The number of benzene rings is 5. The number of ether oxygens (including phenoxy) is 1. The van der Waals surface area contributed by atoms with Gasteiger partial charge in [-0.15, -0.1) is 0 Å². The van der Waals surface area contributed by atoms with Gasteiger partial charge in [0, 0.05) is 11.1 Å². The molecule has 340 valence electrons. The second-order valence-electron chi connectivity index (χ2n) is 22.0. The van der Waals surface area contributed by atoms with Crippen LogP contribution < -0.4 is 4.74 Å². The Morgan fingerprint density at radius 3 is 1.19 bits per heavy atom. The van der Waals surface area contributed by atoms with Crippen molar-refractivity contribution in [1.82, 2.24) is 0 Å². The lowest BCUT2D eigenvalue weighted by atomic mass is 9.72. The Kier molecular flexibility index (Phi) is 15.8. The highest BCUT2D eigenvalue weighted by atomic mass is 31.2. The topological polar surface area (TPSA) is 69.9 Å². The minimum absolute atomic E-state index is 0.00801. The van der Waals surface area contributed by atoms with Crippen LogP contribution in [-0.4, -0.2) is 14.7 Å². The molecular weight excluding hydrogens is 780 g/mol. The summed E-state index contributed by atoms with van der Waals surface area (Å²) in [5.74, 6) is 1.89. The van der Waals surface area contributed by atoms with Gasteiger partial charge in [-0.25, -0.2) is 0 Å². The van der Waals surface area contributed by atoms with Gasteiger partial charge in [0.05, 0.1) is 0 Å². The van der Waals surface area contributed by atoms with Gasteiger partial charge in [-0.1, -0.05) is 161 Å². The third kappa shape index (κ3) is 10.8. The summed E-state index contributed by atoms with van der Waals surface area (Å²) in [5.41, 5.74) is 12.1. The third-order valence-electron chi connectivity index (χ3n) is 15.6. The van der Waals surface area contributed by atoms with Crippen molar-refractivity contribution in [2.45, 2.75) is 203 Å². The van der Waals surface area contributed by atoms with Crippen molar-refractivity contribution in [2.24, 2.45) is 0 Å². The summed E-state index contributed by atoms with van der Waals surface area (Å²) in [5, 5.41) is 5.33. The second-order valence-corrected chi connectivity index (χ2v) is 22.6. The molecule has 0 saturated carbocycles. The Bertz CT molecular complexity index is 2350. The molecule has 5 aromatic carbocycles. The van der Waals surface area contributed by atoms with Crippen LogP contribution in [0.1, 0.15) is 202 Å². The number of aryl methyl sites for hydroxylation is 1. The van der Waals surface area contributed by atoms with Crippen LogP contribution in [0.25, 0.3) is 32.7 Å². The average molecular weight is 863 g/mol. The van der Waals surface area contributed by atoms with Crippen molar-refractivity contribution in [2.75, 3.05) is 0 Å². The summed E-state index contributed by atoms with van der Waals surface area (Å²) in [6, 6.07) is 26.8. The molecule has 0 aromatic heterocycles. The van der Waals surface area contributed by atoms with Crippen LogP contribution in [0.15, 0.2) is 66.7 Å². The van der Waals surface area contributed by atoms with Crippen molar-refractivity contribution in [3.8, 4) is 22.6 Å². The quantitative estimate of drug-likeness (QED) is 0.0917. The third-order valence-corrected chi connectivity index (χ3v) is 15.6. The zero-order chi connectivity index (χ0) is 47.0. The second kappa shape index (κ2) is 19.1. The van der Waals surface area contributed by atoms with Gasteiger partial charge < -0.3 is 19.4 Å². The van der Waals surface area contributed by atoms with Crippen molar-refractivity contribution >= 4 is 30.1 Å². The largest absolute Gasteiger partial charge is 0.456 e. The molecule has 0 aliphatic carbocycles. The van der Waals surface area contributed by atoms with E-state index in [4.69, 9.17) is 19.4 Å². The van der Waals surface area contributed by atoms with Crippen LogP contribution >= 0.6 is 8.60 Å². The standard InChI is InChI=1S/C57H80O.H3O3P/c1-20-52(8,9)40-29-38-31-46(54(12,13)22-3)44(35-42(38)47(33-40)55(14,15)23-4)45-28-37(7)26-27-50(45)58-51-36-43-39(32-49(51)57(18,19)25-6)30-41(53(10,11)21-2)34-48(43)56(16,17)24-5;1-4(2)3/h26-36H,20-25H2,1-19H3;1-3H. The van der Waals surface area contributed by atoms with Crippen molar-refractivity contribution < 1.29 is 19.4 Å². The first-order valence-electron chi connectivity index (χ1n) is 23.5. The summed E-state index contributed by atoms with van der Waals surface area (Å²) in [6.07, 6.45) is 6.37. The van der Waals surface area contributed by atoms with Crippen LogP contribution in [-0.2, 0) is 32.5 Å². The Labute approximate surface area is 378 Å². The highest BCUT2D eigenvalue weighted by molar-refractivity contribution is 7.38. The van der Waals surface area contributed by atoms with E-state index in [0.29, 0.717) is 0 Å². The smallest absolute Gasteiger partial charge is 0.324 e. The number of rotatable bonds is 15. The monoisotopic (exact) mass is 863 g/mol. The van der Waals surface area contributed by atoms with Crippen LogP contribution in [0, 0.1) is 6.92 Å². The minimum atomic E-state index is -2.62. The summed E-state index contributed by atoms with van der Waals surface area (Å²) in [6.45, 7) is 45.0. The number of hydrogen-bond acceptors (Lipinski definition) is 4. The molecule has 0 heterocycles. The first-order chi connectivity index (χ1) is 28.6. The molecule has 4 nitrogen and oxygen atoms in total. The summed E-state index contributed by atoms with van der Waals surface area (Å²) in [4.78, 5) is 21.7. The van der Waals surface area contributed by atoms with E-state index in [1.54, 1.807) is 0 Å². The molecule has 3 N–H and O–H groups in total. The molecule has 5 rings (SSSR count). The molecule has 0 saturated heterocycles. The molecule has 5 heteroatoms. The fourth-order valence-electron chi connectivity index (χ4n) is 8.33. The van der Waals surface area contributed by atoms with Gasteiger partial charge in [0.25, 0.3) is 0 Å². The molecule has 0 bridgehead atoms. The van der Waals surface area contributed by atoms with Crippen LogP contribution in [0.2, 0.25) is 0 Å². The van der Waals surface area contributed by atoms with E-state index >= 15 is 0 Å². The molecule has 0 amide bonds. The van der Waals surface area contributed by atoms with Crippen molar-refractivity contribution in [3.05, 3.63) is 106 Å². The normalized spacial score (nSPS) is 13.2. The van der Waals surface area contributed by atoms with E-state index in [0.717, 1.165) is 50.0 Å². The lowest BCUT2D eigenvalue weighted by molar-refractivity contribution is 0.368. The van der Waals surface area contributed by atoms with E-state index in [-0.39, 0.29) is 32.5 Å².